The monoisotopic (exact) mass is 366 g/mol. The molecule has 0 radical (unpaired) electrons. The van der Waals surface area contributed by atoms with Gasteiger partial charge in [-0.1, -0.05) is 19.9 Å². The van der Waals surface area contributed by atoms with Crippen molar-refractivity contribution in [2.24, 2.45) is 0 Å². The molecule has 1 amide bonds. The Balaban J connectivity index is 0.00000102. The molecule has 142 valence electrons. The second kappa shape index (κ2) is 8.62. The smallest absolute Gasteiger partial charge is 0.270 e. The number of piperidine rings is 1. The van der Waals surface area contributed by atoms with Crippen molar-refractivity contribution in [3.63, 3.8) is 0 Å². The van der Waals surface area contributed by atoms with Gasteiger partial charge in [0.25, 0.3) is 5.91 Å². The molecule has 0 aliphatic carbocycles. The molecule has 0 bridgehead atoms. The molecule has 3 aromatic heterocycles. The van der Waals surface area contributed by atoms with Crippen LogP contribution in [0.2, 0.25) is 0 Å². The maximum atomic E-state index is 12.3. The first-order valence-electron chi connectivity index (χ1n) is 9.47. The lowest BCUT2D eigenvalue weighted by Crippen LogP contribution is -2.45. The van der Waals surface area contributed by atoms with E-state index in [9.17, 15) is 4.79 Å². The number of aryl methyl sites for hydroxylation is 1. The van der Waals surface area contributed by atoms with Crippen molar-refractivity contribution in [1.82, 2.24) is 25.3 Å². The molecule has 7 heteroatoms. The molecule has 1 aliphatic rings. The lowest BCUT2D eigenvalue weighted by Gasteiger charge is -2.32. The van der Waals surface area contributed by atoms with E-state index in [2.05, 4.69) is 30.2 Å². The van der Waals surface area contributed by atoms with Crippen LogP contribution in [0.15, 0.2) is 36.8 Å². The van der Waals surface area contributed by atoms with E-state index >= 15 is 0 Å². The number of hydrogen-bond acceptors (Lipinski definition) is 5. The molecule has 0 atom stereocenters. The maximum absolute atomic E-state index is 12.3. The minimum atomic E-state index is -0.103. The van der Waals surface area contributed by atoms with Crippen LogP contribution in [0.1, 0.15) is 42.7 Å². The number of aromatic nitrogens is 4. The van der Waals surface area contributed by atoms with Gasteiger partial charge in [0, 0.05) is 31.5 Å². The SMILES string of the molecule is CC.Cc1ccc(C(=O)NC2CCN(c3nc4ccncc4[nH]3)CC2)nc1. The molecule has 4 heterocycles. The highest BCUT2D eigenvalue weighted by molar-refractivity contribution is 5.92. The van der Waals surface area contributed by atoms with Crippen LogP contribution in [0, 0.1) is 6.92 Å². The van der Waals surface area contributed by atoms with Crippen molar-refractivity contribution in [1.29, 1.82) is 0 Å². The van der Waals surface area contributed by atoms with Gasteiger partial charge in [-0.25, -0.2) is 4.98 Å². The number of aromatic amines is 1. The number of carbonyl (C=O) groups excluding carboxylic acids is 1. The average molecular weight is 366 g/mol. The van der Waals surface area contributed by atoms with Gasteiger partial charge in [-0.3, -0.25) is 14.8 Å². The molecule has 1 saturated heterocycles. The predicted molar refractivity (Wildman–Crippen MR) is 107 cm³/mol. The Morgan fingerprint density at radius 2 is 1.96 bits per heavy atom. The van der Waals surface area contributed by atoms with E-state index in [0.29, 0.717) is 5.69 Å². The quantitative estimate of drug-likeness (QED) is 0.744. The van der Waals surface area contributed by atoms with Crippen LogP contribution in [-0.2, 0) is 0 Å². The molecule has 27 heavy (non-hydrogen) atoms. The number of rotatable bonds is 3. The molecular weight excluding hydrogens is 340 g/mol. The second-order valence-corrected chi connectivity index (χ2v) is 6.41. The molecule has 0 unspecified atom stereocenters. The summed E-state index contributed by atoms with van der Waals surface area (Å²) in [5, 5.41) is 3.08. The van der Waals surface area contributed by atoms with Crippen LogP contribution >= 0.6 is 0 Å². The largest absolute Gasteiger partial charge is 0.348 e. The maximum Gasteiger partial charge on any atom is 0.270 e. The zero-order valence-corrected chi connectivity index (χ0v) is 16.1. The van der Waals surface area contributed by atoms with E-state index in [-0.39, 0.29) is 11.9 Å². The summed E-state index contributed by atoms with van der Waals surface area (Å²) in [6, 6.07) is 5.73. The number of pyridine rings is 2. The Kier molecular flexibility index (Phi) is 6.01. The summed E-state index contributed by atoms with van der Waals surface area (Å²) in [5.74, 6) is 0.765. The highest BCUT2D eigenvalue weighted by Crippen LogP contribution is 2.20. The fraction of sp³-hybridized carbons (Fsp3) is 0.400. The van der Waals surface area contributed by atoms with E-state index in [1.165, 1.54) is 0 Å². The van der Waals surface area contributed by atoms with Crippen LogP contribution in [0.5, 0.6) is 0 Å². The Morgan fingerprint density at radius 3 is 2.63 bits per heavy atom. The third-order valence-electron chi connectivity index (χ3n) is 4.54. The summed E-state index contributed by atoms with van der Waals surface area (Å²) in [4.78, 5) is 30.7. The topological polar surface area (TPSA) is 86.8 Å². The summed E-state index contributed by atoms with van der Waals surface area (Å²) in [6.07, 6.45) is 7.01. The summed E-state index contributed by atoms with van der Waals surface area (Å²) < 4.78 is 0. The lowest BCUT2D eigenvalue weighted by atomic mass is 10.1. The summed E-state index contributed by atoms with van der Waals surface area (Å²) >= 11 is 0. The van der Waals surface area contributed by atoms with Crippen molar-refractivity contribution < 1.29 is 4.79 Å². The number of anilines is 1. The highest BCUT2D eigenvalue weighted by atomic mass is 16.1. The molecule has 3 aromatic rings. The van der Waals surface area contributed by atoms with Gasteiger partial charge >= 0.3 is 0 Å². The molecule has 1 fully saturated rings. The molecule has 1 aliphatic heterocycles. The lowest BCUT2D eigenvalue weighted by molar-refractivity contribution is 0.0926. The number of nitrogens with zero attached hydrogens (tertiary/aromatic N) is 4. The number of amides is 1. The number of H-pyrrole nitrogens is 1. The summed E-state index contributed by atoms with van der Waals surface area (Å²) in [6.45, 7) is 7.65. The third kappa shape index (κ3) is 4.42. The van der Waals surface area contributed by atoms with E-state index < -0.39 is 0 Å². The molecule has 2 N–H and O–H groups in total. The first kappa shape index (κ1) is 18.8. The van der Waals surface area contributed by atoms with Crippen molar-refractivity contribution in [3.05, 3.63) is 48.0 Å². The van der Waals surface area contributed by atoms with Crippen LogP contribution in [0.25, 0.3) is 11.0 Å². The molecule has 7 nitrogen and oxygen atoms in total. The Hall–Kier alpha value is -2.96. The molecule has 0 saturated carbocycles. The third-order valence-corrected chi connectivity index (χ3v) is 4.54. The van der Waals surface area contributed by atoms with Gasteiger partial charge < -0.3 is 15.2 Å². The molecule has 4 rings (SSSR count). The average Bonchev–Trinajstić information content (AvgIpc) is 3.15. The van der Waals surface area contributed by atoms with Crippen molar-refractivity contribution in [2.45, 2.75) is 39.7 Å². The van der Waals surface area contributed by atoms with Gasteiger partial charge in [0.15, 0.2) is 0 Å². The van der Waals surface area contributed by atoms with Gasteiger partial charge in [0.05, 0.1) is 17.2 Å². The van der Waals surface area contributed by atoms with Crippen molar-refractivity contribution in [2.75, 3.05) is 18.0 Å². The standard InChI is InChI=1S/C18H20N6O.C2H6/c1-12-2-3-15(20-10-12)17(25)21-13-5-8-24(9-6-13)18-22-14-4-7-19-11-16(14)23-18;1-2/h2-4,7,10-11,13H,5-6,8-9H2,1H3,(H,21,25)(H,22,23);1-2H3. The van der Waals surface area contributed by atoms with Crippen LogP contribution < -0.4 is 10.2 Å². The number of nitrogens with one attached hydrogen (secondary N) is 2. The number of hydrogen-bond donors (Lipinski definition) is 2. The van der Waals surface area contributed by atoms with E-state index in [0.717, 1.165) is 48.5 Å². The van der Waals surface area contributed by atoms with Gasteiger partial charge in [-0.05, 0) is 37.5 Å². The number of fused-ring (bicyclic) bond motifs is 1. The highest BCUT2D eigenvalue weighted by Gasteiger charge is 2.23. The van der Waals surface area contributed by atoms with E-state index in [1.54, 1.807) is 24.7 Å². The van der Waals surface area contributed by atoms with Crippen LogP contribution in [0.3, 0.4) is 0 Å². The van der Waals surface area contributed by atoms with Crippen LogP contribution in [-0.4, -0.2) is 45.0 Å². The van der Waals surface area contributed by atoms with Gasteiger partial charge in [-0.15, -0.1) is 0 Å². The fourth-order valence-electron chi connectivity index (χ4n) is 3.09. The molecule has 0 spiro atoms. The molecule has 0 aromatic carbocycles. The second-order valence-electron chi connectivity index (χ2n) is 6.41. The molecular formula is C20H26N6O. The number of carbonyl (C=O) groups is 1. The van der Waals surface area contributed by atoms with E-state index in [1.807, 2.05) is 32.9 Å². The number of imidazole rings is 1. The Labute approximate surface area is 159 Å². The zero-order valence-electron chi connectivity index (χ0n) is 16.1. The Bertz CT molecular complexity index is 848. The van der Waals surface area contributed by atoms with Crippen LogP contribution in [0.4, 0.5) is 5.95 Å². The fourth-order valence-corrected chi connectivity index (χ4v) is 3.09. The summed E-state index contributed by atoms with van der Waals surface area (Å²) in [5.41, 5.74) is 3.38. The van der Waals surface area contributed by atoms with Gasteiger partial charge in [-0.2, -0.15) is 0 Å². The first-order valence-corrected chi connectivity index (χ1v) is 9.47. The predicted octanol–water partition coefficient (Wildman–Crippen LogP) is 3.09. The van der Waals surface area contributed by atoms with E-state index in [4.69, 9.17) is 0 Å². The first-order chi connectivity index (χ1) is 13.2. The Morgan fingerprint density at radius 1 is 1.19 bits per heavy atom. The minimum absolute atomic E-state index is 0.103. The normalized spacial score (nSPS) is 14.6. The van der Waals surface area contributed by atoms with Crippen molar-refractivity contribution >= 4 is 22.9 Å². The van der Waals surface area contributed by atoms with Crippen molar-refractivity contribution in [3.8, 4) is 0 Å². The zero-order chi connectivity index (χ0) is 19.2. The summed E-state index contributed by atoms with van der Waals surface area (Å²) in [7, 11) is 0. The van der Waals surface area contributed by atoms with Gasteiger partial charge in [0.2, 0.25) is 5.95 Å². The van der Waals surface area contributed by atoms with Gasteiger partial charge in [0.1, 0.15) is 5.69 Å². The minimum Gasteiger partial charge on any atom is -0.348 e.